The monoisotopic (exact) mass is 426 g/mol. The summed E-state index contributed by atoms with van der Waals surface area (Å²) in [4.78, 5) is 29.8. The van der Waals surface area contributed by atoms with Crippen molar-refractivity contribution in [3.05, 3.63) is 34.9 Å². The summed E-state index contributed by atoms with van der Waals surface area (Å²) in [6, 6.07) is 6.02. The average molecular weight is 427 g/mol. The van der Waals surface area contributed by atoms with Gasteiger partial charge < -0.3 is 19.5 Å². The van der Waals surface area contributed by atoms with Gasteiger partial charge in [-0.1, -0.05) is 17.2 Å². The van der Waals surface area contributed by atoms with Crippen LogP contribution in [0.15, 0.2) is 29.3 Å². The molecular formula is C24H30N2O5. The Bertz CT molecular complexity index is 930. The maximum absolute atomic E-state index is 13.5. The standard InChI is InChI=1S/C24H30N2O5/c1-14(2)20-16-4-5-17(20)22(24(28)29)21(16)23(27)26-9-7-25(8-10-26)12-15-3-6-18-19(11-15)31-13-30-18/h3,6,11,16-17,21-22H,4-5,7-10,12-13H2,1-2H3,(H,28,29)/t16-,17-,21+,22-/m0/s1. The van der Waals surface area contributed by atoms with Crippen LogP contribution < -0.4 is 9.47 Å². The summed E-state index contributed by atoms with van der Waals surface area (Å²) in [5, 5.41) is 9.90. The van der Waals surface area contributed by atoms with E-state index in [-0.39, 0.29) is 24.5 Å². The SMILES string of the molecule is CC(C)=C1[C@@H]2CC[C@@H]1[C@@H](C(=O)N1CCN(Cc3ccc4c(c3)OCO4)CC1)[C@H]2C(=O)O. The number of carbonyl (C=O) groups is 2. The zero-order valence-electron chi connectivity index (χ0n) is 18.2. The Kier molecular flexibility index (Phi) is 5.16. The second kappa shape index (κ2) is 7.86. The highest BCUT2D eigenvalue weighted by Crippen LogP contribution is 2.57. The van der Waals surface area contributed by atoms with Crippen LogP contribution in [0.4, 0.5) is 0 Å². The van der Waals surface area contributed by atoms with E-state index in [2.05, 4.69) is 24.8 Å². The summed E-state index contributed by atoms with van der Waals surface area (Å²) in [7, 11) is 0. The van der Waals surface area contributed by atoms with Crippen molar-refractivity contribution in [2.45, 2.75) is 33.2 Å². The first-order chi connectivity index (χ1) is 14.9. The first-order valence-corrected chi connectivity index (χ1v) is 11.2. The van der Waals surface area contributed by atoms with Gasteiger partial charge in [-0.3, -0.25) is 14.5 Å². The van der Waals surface area contributed by atoms with E-state index in [4.69, 9.17) is 9.47 Å². The number of allylic oxidation sites excluding steroid dienone is 2. The van der Waals surface area contributed by atoms with Gasteiger partial charge in [-0.15, -0.1) is 0 Å². The Morgan fingerprint density at radius 1 is 1.00 bits per heavy atom. The van der Waals surface area contributed by atoms with Gasteiger partial charge in [-0.2, -0.15) is 0 Å². The van der Waals surface area contributed by atoms with Gasteiger partial charge in [0.1, 0.15) is 0 Å². The van der Waals surface area contributed by atoms with E-state index in [1.54, 1.807) is 0 Å². The van der Waals surface area contributed by atoms with Crippen LogP contribution in [-0.2, 0) is 16.1 Å². The van der Waals surface area contributed by atoms with Crippen LogP contribution in [0, 0.1) is 23.7 Å². The summed E-state index contributed by atoms with van der Waals surface area (Å²) in [6.45, 7) is 8.05. The molecule has 2 saturated carbocycles. The highest BCUT2D eigenvalue weighted by Gasteiger charge is 2.58. The molecule has 2 aliphatic carbocycles. The molecule has 1 aromatic carbocycles. The van der Waals surface area contributed by atoms with Crippen molar-refractivity contribution < 1.29 is 24.2 Å². The summed E-state index contributed by atoms with van der Waals surface area (Å²) in [5.74, 6) is -0.0219. The topological polar surface area (TPSA) is 79.3 Å². The summed E-state index contributed by atoms with van der Waals surface area (Å²) >= 11 is 0. The zero-order valence-corrected chi connectivity index (χ0v) is 18.2. The zero-order chi connectivity index (χ0) is 21.7. The molecule has 5 rings (SSSR count). The number of amides is 1. The van der Waals surface area contributed by atoms with Crippen LogP contribution >= 0.6 is 0 Å². The number of carboxylic acid groups (broad SMARTS) is 1. The van der Waals surface area contributed by atoms with E-state index in [1.165, 1.54) is 11.1 Å². The molecular weight excluding hydrogens is 396 g/mol. The van der Waals surface area contributed by atoms with E-state index in [1.807, 2.05) is 17.0 Å². The molecule has 4 atom stereocenters. The predicted molar refractivity (Wildman–Crippen MR) is 114 cm³/mol. The van der Waals surface area contributed by atoms with Gasteiger partial charge in [0.25, 0.3) is 0 Å². The number of aliphatic carboxylic acids is 1. The number of rotatable bonds is 4. The highest BCUT2D eigenvalue weighted by atomic mass is 16.7. The Labute approximate surface area is 182 Å². The van der Waals surface area contributed by atoms with Crippen molar-refractivity contribution in [1.82, 2.24) is 9.80 Å². The molecule has 166 valence electrons. The van der Waals surface area contributed by atoms with Crippen LogP contribution in [0.1, 0.15) is 32.3 Å². The molecule has 0 aromatic heterocycles. The van der Waals surface area contributed by atoms with Crippen LogP contribution in [0.5, 0.6) is 11.5 Å². The largest absolute Gasteiger partial charge is 0.481 e. The Morgan fingerprint density at radius 2 is 1.68 bits per heavy atom. The van der Waals surface area contributed by atoms with Gasteiger partial charge >= 0.3 is 5.97 Å². The Balaban J connectivity index is 1.24. The van der Waals surface area contributed by atoms with Crippen molar-refractivity contribution in [3.63, 3.8) is 0 Å². The molecule has 7 heteroatoms. The number of hydrogen-bond donors (Lipinski definition) is 1. The molecule has 4 aliphatic rings. The van der Waals surface area contributed by atoms with E-state index in [9.17, 15) is 14.7 Å². The van der Waals surface area contributed by atoms with E-state index in [0.717, 1.165) is 49.5 Å². The summed E-state index contributed by atoms with van der Waals surface area (Å²) in [6.07, 6.45) is 1.84. The van der Waals surface area contributed by atoms with Crippen LogP contribution in [0.2, 0.25) is 0 Å². The lowest BCUT2D eigenvalue weighted by Gasteiger charge is -2.38. The molecule has 2 bridgehead atoms. The molecule has 1 N–H and O–H groups in total. The van der Waals surface area contributed by atoms with E-state index >= 15 is 0 Å². The lowest BCUT2D eigenvalue weighted by Crippen LogP contribution is -2.52. The number of piperazine rings is 1. The number of nitrogens with zero attached hydrogens (tertiary/aromatic N) is 2. The Morgan fingerprint density at radius 3 is 2.35 bits per heavy atom. The van der Waals surface area contributed by atoms with Gasteiger partial charge in [0.15, 0.2) is 11.5 Å². The number of fused-ring (bicyclic) bond motifs is 3. The molecule has 0 unspecified atom stereocenters. The minimum absolute atomic E-state index is 0.0359. The fraction of sp³-hybridized carbons (Fsp3) is 0.583. The molecule has 0 spiro atoms. The molecule has 2 heterocycles. The van der Waals surface area contributed by atoms with Crippen LogP contribution in [0.25, 0.3) is 0 Å². The third-order valence-corrected chi connectivity index (χ3v) is 7.52. The van der Waals surface area contributed by atoms with Crippen molar-refractivity contribution in [3.8, 4) is 11.5 Å². The lowest BCUT2D eigenvalue weighted by atomic mass is 9.78. The first kappa shape index (κ1) is 20.4. The number of carboxylic acids is 1. The van der Waals surface area contributed by atoms with Gasteiger partial charge in [0, 0.05) is 32.7 Å². The van der Waals surface area contributed by atoms with Crippen molar-refractivity contribution in [2.75, 3.05) is 33.0 Å². The number of ether oxygens (including phenoxy) is 2. The van der Waals surface area contributed by atoms with Crippen molar-refractivity contribution >= 4 is 11.9 Å². The third kappa shape index (κ3) is 3.49. The van der Waals surface area contributed by atoms with Crippen molar-refractivity contribution in [2.24, 2.45) is 23.7 Å². The second-order valence-electron chi connectivity index (χ2n) is 9.42. The second-order valence-corrected chi connectivity index (χ2v) is 9.42. The normalized spacial score (nSPS) is 29.5. The summed E-state index contributed by atoms with van der Waals surface area (Å²) in [5.41, 5.74) is 3.60. The van der Waals surface area contributed by atoms with Gasteiger partial charge in [-0.05, 0) is 56.2 Å². The molecule has 1 amide bonds. The summed E-state index contributed by atoms with van der Waals surface area (Å²) < 4.78 is 10.8. The average Bonchev–Trinajstić information content (AvgIpc) is 3.46. The van der Waals surface area contributed by atoms with Gasteiger partial charge in [-0.25, -0.2) is 0 Å². The Hall–Kier alpha value is -2.54. The number of benzene rings is 1. The van der Waals surface area contributed by atoms with E-state index in [0.29, 0.717) is 13.1 Å². The number of carbonyl (C=O) groups excluding carboxylic acids is 1. The lowest BCUT2D eigenvalue weighted by molar-refractivity contribution is -0.153. The quantitative estimate of drug-likeness (QED) is 0.746. The molecule has 1 saturated heterocycles. The molecule has 1 aromatic rings. The minimum Gasteiger partial charge on any atom is -0.481 e. The van der Waals surface area contributed by atoms with Crippen molar-refractivity contribution in [1.29, 1.82) is 0 Å². The maximum atomic E-state index is 13.5. The third-order valence-electron chi connectivity index (χ3n) is 7.52. The maximum Gasteiger partial charge on any atom is 0.307 e. The minimum atomic E-state index is -0.814. The molecule has 2 aliphatic heterocycles. The predicted octanol–water partition coefficient (Wildman–Crippen LogP) is 2.75. The van der Waals surface area contributed by atoms with Gasteiger partial charge in [0.05, 0.1) is 11.8 Å². The van der Waals surface area contributed by atoms with E-state index < -0.39 is 17.8 Å². The molecule has 0 radical (unpaired) electrons. The smallest absolute Gasteiger partial charge is 0.307 e. The first-order valence-electron chi connectivity index (χ1n) is 11.2. The fourth-order valence-corrected chi connectivity index (χ4v) is 6.22. The molecule has 7 nitrogen and oxygen atoms in total. The highest BCUT2D eigenvalue weighted by molar-refractivity contribution is 5.87. The van der Waals surface area contributed by atoms with Gasteiger partial charge in [0.2, 0.25) is 12.7 Å². The fourth-order valence-electron chi connectivity index (χ4n) is 6.22. The van der Waals surface area contributed by atoms with Crippen LogP contribution in [-0.4, -0.2) is 59.8 Å². The van der Waals surface area contributed by atoms with Crippen LogP contribution in [0.3, 0.4) is 0 Å². The molecule has 31 heavy (non-hydrogen) atoms. The number of hydrogen-bond acceptors (Lipinski definition) is 5. The molecule has 3 fully saturated rings.